The normalized spacial score (nSPS) is 15.2. The second-order valence-corrected chi connectivity index (χ2v) is 11.4. The number of amides is 5. The van der Waals surface area contributed by atoms with Gasteiger partial charge >= 0.3 is 5.97 Å². The van der Waals surface area contributed by atoms with E-state index in [0.29, 0.717) is 23.2 Å². The van der Waals surface area contributed by atoms with E-state index in [1.54, 1.807) is 61.5 Å². The van der Waals surface area contributed by atoms with Crippen molar-refractivity contribution < 1.29 is 38.7 Å². The molecule has 17 heteroatoms. The van der Waals surface area contributed by atoms with Crippen molar-refractivity contribution >= 4 is 47.5 Å². The van der Waals surface area contributed by atoms with Gasteiger partial charge in [-0.1, -0.05) is 74.0 Å². The summed E-state index contributed by atoms with van der Waals surface area (Å²) >= 11 is 0. The highest BCUT2D eigenvalue weighted by atomic mass is 16.4. The highest BCUT2D eigenvalue weighted by Crippen LogP contribution is 2.34. The molecular weight excluding hydrogens is 638 g/mol. The number of tetrazole rings is 1. The molecule has 5 N–H and O–H groups in total. The van der Waals surface area contributed by atoms with Crippen molar-refractivity contribution in [2.24, 2.45) is 5.92 Å². The molecule has 1 aliphatic heterocycles. The monoisotopic (exact) mass is 675 g/mol. The number of carbonyl (C=O) groups excluding carboxylic acids is 6. The standard InChI is InChI=1S/C32H37N9O8/c1-3-19(2)29(35-25(43)15-24-36-38-39-37-24)31(48)34-17-27(44)41-22-12-8-7-11-21(22)13-26(41)40(18-42)23(14-28(45)46)30(47)32(49)33-16-20-9-5-4-6-10-20/h4-12,18-19,23,26,29H,3,13-17H2,1-2H3,(H,33,49)(H,34,48)(H,35,43)(H,45,46)(H,36,37,38,39)/t19-,23?,26-,29-/m0/s1. The van der Waals surface area contributed by atoms with Crippen LogP contribution in [-0.2, 0) is 52.9 Å². The molecule has 0 spiro atoms. The molecule has 0 aliphatic carbocycles. The molecule has 4 rings (SSSR count). The molecule has 3 aromatic rings. The number of benzene rings is 2. The lowest BCUT2D eigenvalue weighted by molar-refractivity contribution is -0.148. The number of nitrogens with one attached hydrogen (secondary N) is 4. The van der Waals surface area contributed by atoms with Gasteiger partial charge < -0.3 is 26.0 Å². The number of Topliss-reactive ketones (excluding diaryl/α,β-unsaturated/α-hetero) is 1. The number of aliphatic carboxylic acids is 1. The summed E-state index contributed by atoms with van der Waals surface area (Å²) in [5.74, 6) is -5.78. The average molecular weight is 676 g/mol. The first-order valence-electron chi connectivity index (χ1n) is 15.5. The number of para-hydroxylation sites is 1. The number of anilines is 1. The lowest BCUT2D eigenvalue weighted by Gasteiger charge is -2.36. The lowest BCUT2D eigenvalue weighted by Crippen LogP contribution is -2.59. The number of nitrogens with zero attached hydrogens (tertiary/aromatic N) is 5. The maximum Gasteiger partial charge on any atom is 0.305 e. The second-order valence-electron chi connectivity index (χ2n) is 11.4. The molecule has 0 fully saturated rings. The zero-order valence-corrected chi connectivity index (χ0v) is 26.9. The number of ketones is 1. The molecule has 49 heavy (non-hydrogen) atoms. The number of H-pyrrole nitrogens is 1. The zero-order chi connectivity index (χ0) is 35.5. The number of carboxylic acids is 1. The number of fused-ring (bicyclic) bond motifs is 1. The summed E-state index contributed by atoms with van der Waals surface area (Å²) < 4.78 is 0. The lowest BCUT2D eigenvalue weighted by atomic mass is 9.98. The van der Waals surface area contributed by atoms with Crippen LogP contribution in [-0.4, -0.2) is 97.2 Å². The Bertz CT molecular complexity index is 1670. The number of aromatic nitrogens is 4. The fourth-order valence-electron chi connectivity index (χ4n) is 5.46. The van der Waals surface area contributed by atoms with Crippen LogP contribution in [0.1, 0.15) is 43.6 Å². The molecule has 0 saturated carbocycles. The third kappa shape index (κ3) is 9.09. The topological polar surface area (TPSA) is 237 Å². The fraction of sp³-hybridized carbons (Fsp3) is 0.375. The number of hydrogen-bond acceptors (Lipinski definition) is 10. The molecule has 258 valence electrons. The molecule has 1 aliphatic rings. The Morgan fingerprint density at radius 3 is 2.43 bits per heavy atom. The smallest absolute Gasteiger partial charge is 0.305 e. The molecule has 1 aromatic heterocycles. The molecule has 5 amide bonds. The summed E-state index contributed by atoms with van der Waals surface area (Å²) in [6, 6.07) is 12.6. The van der Waals surface area contributed by atoms with Crippen molar-refractivity contribution in [1.82, 2.24) is 41.5 Å². The number of carbonyl (C=O) groups is 7. The summed E-state index contributed by atoms with van der Waals surface area (Å²) in [6.45, 7) is 3.00. The Hall–Kier alpha value is -6.00. The summed E-state index contributed by atoms with van der Waals surface area (Å²) in [7, 11) is 0. The van der Waals surface area contributed by atoms with E-state index >= 15 is 0 Å². The van der Waals surface area contributed by atoms with Crippen molar-refractivity contribution in [1.29, 1.82) is 0 Å². The van der Waals surface area contributed by atoms with Crippen LogP contribution in [0, 0.1) is 5.92 Å². The van der Waals surface area contributed by atoms with Crippen molar-refractivity contribution in [3.05, 3.63) is 71.5 Å². The first kappa shape index (κ1) is 35.8. The Kier molecular flexibility index (Phi) is 12.2. The highest BCUT2D eigenvalue weighted by Gasteiger charge is 2.43. The van der Waals surface area contributed by atoms with Gasteiger partial charge in [-0.3, -0.25) is 38.5 Å². The maximum atomic E-state index is 13.8. The largest absolute Gasteiger partial charge is 0.481 e. The van der Waals surface area contributed by atoms with Crippen LogP contribution in [0.5, 0.6) is 0 Å². The van der Waals surface area contributed by atoms with E-state index < -0.39 is 66.6 Å². The van der Waals surface area contributed by atoms with Gasteiger partial charge in [0.25, 0.3) is 5.91 Å². The van der Waals surface area contributed by atoms with Crippen molar-refractivity contribution in [3.8, 4) is 0 Å². The summed E-state index contributed by atoms with van der Waals surface area (Å²) in [4.78, 5) is 92.6. The molecule has 0 saturated heterocycles. The zero-order valence-electron chi connectivity index (χ0n) is 26.9. The quantitative estimate of drug-likeness (QED) is 0.0902. The average Bonchev–Trinajstić information content (AvgIpc) is 3.75. The van der Waals surface area contributed by atoms with Crippen molar-refractivity contribution in [2.75, 3.05) is 11.4 Å². The van der Waals surface area contributed by atoms with Crippen molar-refractivity contribution in [2.45, 2.75) is 64.3 Å². The molecule has 2 aromatic carbocycles. The SMILES string of the molecule is CC[C@H](C)[C@H](NC(=O)Cc1nn[nH]n1)C(=O)NCC(=O)N1c2ccccc2C[C@H]1N(C=O)C(CC(=O)O)C(=O)C(=O)NCc1ccccc1. The fourth-order valence-corrected chi connectivity index (χ4v) is 5.46. The van der Waals surface area contributed by atoms with Crippen LogP contribution in [0.3, 0.4) is 0 Å². The highest BCUT2D eigenvalue weighted by molar-refractivity contribution is 6.38. The summed E-state index contributed by atoms with van der Waals surface area (Å²) in [5.41, 5.74) is 1.68. The van der Waals surface area contributed by atoms with Crippen LogP contribution in [0.25, 0.3) is 0 Å². The van der Waals surface area contributed by atoms with Crippen LogP contribution < -0.4 is 20.9 Å². The molecule has 1 unspecified atom stereocenters. The van der Waals surface area contributed by atoms with Gasteiger partial charge in [0.1, 0.15) is 18.2 Å². The Labute approximate surface area is 280 Å². The molecule has 2 heterocycles. The number of rotatable bonds is 17. The third-order valence-corrected chi connectivity index (χ3v) is 8.17. The Morgan fingerprint density at radius 2 is 1.78 bits per heavy atom. The minimum absolute atomic E-state index is 0.0132. The number of hydrogen-bond donors (Lipinski definition) is 5. The second kappa shape index (κ2) is 16.7. The predicted octanol–water partition coefficient (Wildman–Crippen LogP) is -0.508. The van der Waals surface area contributed by atoms with E-state index in [9.17, 15) is 38.7 Å². The van der Waals surface area contributed by atoms with Gasteiger partial charge in [-0.15, -0.1) is 10.2 Å². The van der Waals surface area contributed by atoms with Crippen LogP contribution in [0.4, 0.5) is 5.69 Å². The number of aromatic amines is 1. The van der Waals surface area contributed by atoms with Gasteiger partial charge in [0.05, 0.1) is 19.4 Å². The van der Waals surface area contributed by atoms with Crippen LogP contribution in [0.15, 0.2) is 54.6 Å². The van der Waals surface area contributed by atoms with Gasteiger partial charge in [-0.25, -0.2) is 0 Å². The molecule has 0 radical (unpaired) electrons. The minimum Gasteiger partial charge on any atom is -0.481 e. The molecule has 17 nitrogen and oxygen atoms in total. The minimum atomic E-state index is -1.75. The van der Waals surface area contributed by atoms with E-state index in [-0.39, 0.29) is 37.5 Å². The Balaban J connectivity index is 1.52. The maximum absolute atomic E-state index is 13.8. The third-order valence-electron chi connectivity index (χ3n) is 8.17. The summed E-state index contributed by atoms with van der Waals surface area (Å²) in [5, 5.41) is 30.4. The van der Waals surface area contributed by atoms with E-state index in [1.807, 2.05) is 6.92 Å². The number of carboxylic acid groups (broad SMARTS) is 1. The first-order chi connectivity index (χ1) is 23.5. The van der Waals surface area contributed by atoms with Crippen molar-refractivity contribution in [3.63, 3.8) is 0 Å². The Morgan fingerprint density at radius 1 is 1.06 bits per heavy atom. The van der Waals surface area contributed by atoms with Gasteiger partial charge in [0, 0.05) is 18.7 Å². The molecule has 0 bridgehead atoms. The van der Waals surface area contributed by atoms with E-state index in [2.05, 4.69) is 36.6 Å². The molecule has 4 atom stereocenters. The predicted molar refractivity (Wildman–Crippen MR) is 171 cm³/mol. The molecular formula is C32H37N9O8. The summed E-state index contributed by atoms with van der Waals surface area (Å²) in [6.07, 6.45) is -1.56. The van der Waals surface area contributed by atoms with Crippen LogP contribution >= 0.6 is 0 Å². The van der Waals surface area contributed by atoms with Gasteiger partial charge in [-0.2, -0.15) is 5.21 Å². The van der Waals surface area contributed by atoms with E-state index in [0.717, 1.165) is 4.90 Å². The van der Waals surface area contributed by atoms with Gasteiger partial charge in [0.2, 0.25) is 29.9 Å². The van der Waals surface area contributed by atoms with E-state index in [4.69, 9.17) is 0 Å². The van der Waals surface area contributed by atoms with Gasteiger partial charge in [0.15, 0.2) is 5.82 Å². The van der Waals surface area contributed by atoms with E-state index in [1.165, 1.54) is 4.90 Å². The van der Waals surface area contributed by atoms with Gasteiger partial charge in [-0.05, 0) is 23.1 Å². The van der Waals surface area contributed by atoms with Crippen LogP contribution in [0.2, 0.25) is 0 Å². The first-order valence-corrected chi connectivity index (χ1v) is 15.5.